The van der Waals surface area contributed by atoms with Gasteiger partial charge in [-0.05, 0) is 31.9 Å². The van der Waals surface area contributed by atoms with Crippen LogP contribution in [-0.4, -0.2) is 9.38 Å². The first-order valence-electron chi connectivity index (χ1n) is 4.66. The summed E-state index contributed by atoms with van der Waals surface area (Å²) in [6, 6.07) is 4.22. The molecule has 0 aromatic carbocycles. The molecule has 0 saturated carbocycles. The molecular formula is C11H14N2. The molecule has 2 aromatic rings. The maximum absolute atomic E-state index is 4.45. The Kier molecular flexibility index (Phi) is 1.83. The highest BCUT2D eigenvalue weighted by molar-refractivity contribution is 5.44. The molecule has 0 spiro atoms. The van der Waals surface area contributed by atoms with Crippen molar-refractivity contribution in [2.75, 3.05) is 0 Å². The number of aryl methyl sites for hydroxylation is 3. The molecule has 0 atom stereocenters. The van der Waals surface area contributed by atoms with E-state index in [0.29, 0.717) is 0 Å². The van der Waals surface area contributed by atoms with E-state index in [2.05, 4.69) is 41.6 Å². The zero-order chi connectivity index (χ0) is 9.42. The van der Waals surface area contributed by atoms with Gasteiger partial charge in [-0.3, -0.25) is 0 Å². The van der Waals surface area contributed by atoms with Gasteiger partial charge in [-0.15, -0.1) is 0 Å². The van der Waals surface area contributed by atoms with Crippen LogP contribution in [0.4, 0.5) is 0 Å². The first-order chi connectivity index (χ1) is 6.22. The molecule has 0 aliphatic heterocycles. The lowest BCUT2D eigenvalue weighted by Gasteiger charge is -1.99. The molecular weight excluding hydrogens is 160 g/mol. The summed E-state index contributed by atoms with van der Waals surface area (Å²) in [6.07, 6.45) is 3.25. The van der Waals surface area contributed by atoms with Crippen molar-refractivity contribution in [3.05, 3.63) is 35.3 Å². The van der Waals surface area contributed by atoms with Crippen molar-refractivity contribution in [3.8, 4) is 0 Å². The van der Waals surface area contributed by atoms with Gasteiger partial charge in [0, 0.05) is 11.9 Å². The molecule has 68 valence electrons. The molecule has 2 heterocycles. The molecule has 0 fully saturated rings. The summed E-state index contributed by atoms with van der Waals surface area (Å²) in [6.45, 7) is 6.32. The number of hydrogen-bond donors (Lipinski definition) is 0. The number of imidazole rings is 1. The monoisotopic (exact) mass is 174 g/mol. The topological polar surface area (TPSA) is 17.3 Å². The highest BCUT2D eigenvalue weighted by atomic mass is 15.0. The van der Waals surface area contributed by atoms with Crippen LogP contribution in [0, 0.1) is 13.8 Å². The highest BCUT2D eigenvalue weighted by Gasteiger charge is 2.03. The molecule has 0 saturated heterocycles. The van der Waals surface area contributed by atoms with E-state index in [0.717, 1.165) is 17.8 Å². The molecule has 0 bridgehead atoms. The number of nitrogens with zero attached hydrogens (tertiary/aromatic N) is 2. The largest absolute Gasteiger partial charge is 0.304 e. The van der Waals surface area contributed by atoms with Gasteiger partial charge in [-0.1, -0.05) is 13.0 Å². The van der Waals surface area contributed by atoms with E-state index in [1.807, 2.05) is 6.92 Å². The summed E-state index contributed by atoms with van der Waals surface area (Å²) in [4.78, 5) is 4.45. The molecule has 2 rings (SSSR count). The zero-order valence-corrected chi connectivity index (χ0v) is 8.33. The summed E-state index contributed by atoms with van der Waals surface area (Å²) in [5.41, 5.74) is 4.76. The van der Waals surface area contributed by atoms with Crippen molar-refractivity contribution in [2.45, 2.75) is 27.2 Å². The Labute approximate surface area is 78.2 Å². The fourth-order valence-electron chi connectivity index (χ4n) is 1.53. The molecule has 0 aliphatic carbocycles. The Bertz CT molecular complexity index is 441. The first-order valence-corrected chi connectivity index (χ1v) is 4.66. The van der Waals surface area contributed by atoms with Crippen molar-refractivity contribution in [1.82, 2.24) is 9.38 Å². The Morgan fingerprint density at radius 2 is 2.08 bits per heavy atom. The SMILES string of the molecule is CCc1ccc2nc(C)c(C)n2c1. The lowest BCUT2D eigenvalue weighted by Crippen LogP contribution is -1.90. The number of fused-ring (bicyclic) bond motifs is 1. The number of rotatable bonds is 1. The van der Waals surface area contributed by atoms with Crippen molar-refractivity contribution < 1.29 is 0 Å². The van der Waals surface area contributed by atoms with Crippen LogP contribution < -0.4 is 0 Å². The summed E-state index contributed by atoms with van der Waals surface area (Å²) in [5.74, 6) is 0. The molecule has 0 N–H and O–H groups in total. The van der Waals surface area contributed by atoms with E-state index >= 15 is 0 Å². The Morgan fingerprint density at radius 1 is 1.31 bits per heavy atom. The van der Waals surface area contributed by atoms with Gasteiger partial charge >= 0.3 is 0 Å². The summed E-state index contributed by atoms with van der Waals surface area (Å²) in [7, 11) is 0. The van der Waals surface area contributed by atoms with Crippen molar-refractivity contribution in [2.24, 2.45) is 0 Å². The lowest BCUT2D eigenvalue weighted by molar-refractivity contribution is 1.03. The molecule has 2 heteroatoms. The molecule has 2 nitrogen and oxygen atoms in total. The van der Waals surface area contributed by atoms with Crippen LogP contribution in [0.5, 0.6) is 0 Å². The third kappa shape index (κ3) is 1.22. The normalized spacial score (nSPS) is 11.0. The van der Waals surface area contributed by atoms with E-state index in [4.69, 9.17) is 0 Å². The van der Waals surface area contributed by atoms with Gasteiger partial charge in [0.05, 0.1) is 5.69 Å². The summed E-state index contributed by atoms with van der Waals surface area (Å²) >= 11 is 0. The Balaban J connectivity index is 2.75. The fraction of sp³-hybridized carbons (Fsp3) is 0.364. The summed E-state index contributed by atoms with van der Waals surface area (Å²) in [5, 5.41) is 0. The van der Waals surface area contributed by atoms with E-state index in [1.165, 1.54) is 11.3 Å². The third-order valence-electron chi connectivity index (χ3n) is 2.56. The molecule has 0 amide bonds. The second-order valence-corrected chi connectivity index (χ2v) is 3.40. The van der Waals surface area contributed by atoms with Gasteiger partial charge in [-0.25, -0.2) is 4.98 Å². The van der Waals surface area contributed by atoms with Crippen LogP contribution in [0.1, 0.15) is 23.9 Å². The Morgan fingerprint density at radius 3 is 2.77 bits per heavy atom. The van der Waals surface area contributed by atoms with E-state index in [-0.39, 0.29) is 0 Å². The minimum absolute atomic E-state index is 1.05. The van der Waals surface area contributed by atoms with Crippen LogP contribution in [0.3, 0.4) is 0 Å². The highest BCUT2D eigenvalue weighted by Crippen LogP contribution is 2.12. The van der Waals surface area contributed by atoms with Gasteiger partial charge in [0.15, 0.2) is 0 Å². The zero-order valence-electron chi connectivity index (χ0n) is 8.33. The third-order valence-corrected chi connectivity index (χ3v) is 2.56. The quantitative estimate of drug-likeness (QED) is 0.649. The molecule has 2 aromatic heterocycles. The fourth-order valence-corrected chi connectivity index (χ4v) is 1.53. The minimum Gasteiger partial charge on any atom is -0.304 e. The lowest BCUT2D eigenvalue weighted by atomic mass is 10.2. The second kappa shape index (κ2) is 2.87. The Hall–Kier alpha value is -1.31. The number of aromatic nitrogens is 2. The second-order valence-electron chi connectivity index (χ2n) is 3.40. The average Bonchev–Trinajstić information content (AvgIpc) is 2.43. The number of hydrogen-bond acceptors (Lipinski definition) is 1. The number of pyridine rings is 1. The van der Waals surface area contributed by atoms with Gasteiger partial charge in [-0.2, -0.15) is 0 Å². The van der Waals surface area contributed by atoms with Crippen LogP contribution in [-0.2, 0) is 6.42 Å². The minimum atomic E-state index is 1.05. The van der Waals surface area contributed by atoms with Crippen molar-refractivity contribution >= 4 is 5.65 Å². The van der Waals surface area contributed by atoms with Gasteiger partial charge in [0.2, 0.25) is 0 Å². The maximum atomic E-state index is 4.45. The van der Waals surface area contributed by atoms with Crippen LogP contribution in [0.15, 0.2) is 18.3 Å². The van der Waals surface area contributed by atoms with E-state index in [1.54, 1.807) is 0 Å². The van der Waals surface area contributed by atoms with Crippen molar-refractivity contribution in [3.63, 3.8) is 0 Å². The van der Waals surface area contributed by atoms with Crippen LogP contribution in [0.25, 0.3) is 5.65 Å². The maximum Gasteiger partial charge on any atom is 0.137 e. The molecule has 0 unspecified atom stereocenters. The molecule has 13 heavy (non-hydrogen) atoms. The summed E-state index contributed by atoms with van der Waals surface area (Å²) < 4.78 is 2.16. The molecule has 0 radical (unpaired) electrons. The van der Waals surface area contributed by atoms with Gasteiger partial charge in [0.1, 0.15) is 5.65 Å². The first kappa shape index (κ1) is 8.30. The standard InChI is InChI=1S/C11H14N2/c1-4-10-5-6-11-12-8(2)9(3)13(11)7-10/h5-7H,4H2,1-3H3. The van der Waals surface area contributed by atoms with Gasteiger partial charge < -0.3 is 4.40 Å². The van der Waals surface area contributed by atoms with Crippen molar-refractivity contribution in [1.29, 1.82) is 0 Å². The van der Waals surface area contributed by atoms with Crippen LogP contribution in [0.2, 0.25) is 0 Å². The van der Waals surface area contributed by atoms with E-state index < -0.39 is 0 Å². The van der Waals surface area contributed by atoms with Gasteiger partial charge in [0.25, 0.3) is 0 Å². The smallest absolute Gasteiger partial charge is 0.137 e. The predicted molar refractivity (Wildman–Crippen MR) is 54.0 cm³/mol. The average molecular weight is 174 g/mol. The molecule has 0 aliphatic rings. The van der Waals surface area contributed by atoms with E-state index in [9.17, 15) is 0 Å². The predicted octanol–water partition coefficient (Wildman–Crippen LogP) is 2.51. The van der Waals surface area contributed by atoms with Crippen LogP contribution >= 0.6 is 0 Å².